The molecule has 6 aliphatic heterocycles. The van der Waals surface area contributed by atoms with Crippen molar-refractivity contribution in [3.05, 3.63) is 35.3 Å². The smallest absolute Gasteiger partial charge is 0.187 e. The highest BCUT2D eigenvalue weighted by atomic mass is 16.8. The third kappa shape index (κ3) is 13.6. The van der Waals surface area contributed by atoms with Crippen LogP contribution in [0.3, 0.4) is 0 Å². The van der Waals surface area contributed by atoms with E-state index in [0.717, 1.165) is 49.8 Å². The molecule has 1 aromatic heterocycles. The van der Waals surface area contributed by atoms with Gasteiger partial charge in [0.1, 0.15) is 84.8 Å². The molecule has 0 amide bonds. The molecule has 31 atom stereocenters. The zero-order valence-corrected chi connectivity index (χ0v) is 50.5. The molecule has 25 heteroatoms. The fraction of sp³-hybridized carbons (Fsp3) is 0.883. The lowest BCUT2D eigenvalue weighted by Gasteiger charge is -2.53. The minimum Gasteiger partial charge on any atom is -0.469 e. The number of furan rings is 1. The van der Waals surface area contributed by atoms with Gasteiger partial charge < -0.3 is 116 Å². The maximum absolute atomic E-state index is 13.9. The molecule has 0 radical (unpaired) electrons. The number of methoxy groups -OCH3 is 4. The van der Waals surface area contributed by atoms with Crippen LogP contribution < -0.4 is 0 Å². The Balaban J connectivity index is 0.680. The van der Waals surface area contributed by atoms with Crippen molar-refractivity contribution in [2.24, 2.45) is 17.3 Å². The molecule has 0 spiro atoms. The van der Waals surface area contributed by atoms with Gasteiger partial charge >= 0.3 is 0 Å². The number of carbonyl (C=O) groups is 1. The van der Waals surface area contributed by atoms with Crippen molar-refractivity contribution in [2.75, 3.05) is 41.7 Å². The molecule has 9 aliphatic rings. The van der Waals surface area contributed by atoms with Crippen LogP contribution >= 0.6 is 0 Å². The highest BCUT2D eigenvalue weighted by molar-refractivity contribution is 5.89. The van der Waals surface area contributed by atoms with Gasteiger partial charge in [-0.05, 0) is 90.5 Å². The number of Topliss-reactive ketones (excluding diaryl/α,β-unsaturated/α-hetero) is 1. The van der Waals surface area contributed by atoms with E-state index in [1.54, 1.807) is 34.5 Å². The van der Waals surface area contributed by atoms with Gasteiger partial charge in [0, 0.05) is 71.5 Å². The van der Waals surface area contributed by atoms with Gasteiger partial charge in [-0.1, -0.05) is 18.6 Å². The first-order chi connectivity index (χ1) is 40.7. The van der Waals surface area contributed by atoms with E-state index in [9.17, 15) is 40.5 Å². The molecule has 85 heavy (non-hydrogen) atoms. The number of allylic oxidation sites excluding steroid dienone is 1. The van der Waals surface area contributed by atoms with Gasteiger partial charge in [0.15, 0.2) is 37.7 Å². The Kier molecular flexibility index (Phi) is 21.7. The van der Waals surface area contributed by atoms with Crippen molar-refractivity contribution < 1.29 is 121 Å². The molecule has 1 aromatic rings. The zero-order valence-electron chi connectivity index (χ0n) is 50.5. The Morgan fingerprint density at radius 3 is 1.48 bits per heavy atom. The second-order valence-corrected chi connectivity index (χ2v) is 25.1. The molecular weight excluding hydrogens is 1120 g/mol. The van der Waals surface area contributed by atoms with Crippen molar-refractivity contribution in [3.63, 3.8) is 0 Å². The van der Waals surface area contributed by atoms with Crippen LogP contribution in [0.4, 0.5) is 0 Å². The Hall–Kier alpha value is -2.23. The second-order valence-electron chi connectivity index (χ2n) is 25.1. The van der Waals surface area contributed by atoms with Crippen LogP contribution in [0.2, 0.25) is 0 Å². The summed E-state index contributed by atoms with van der Waals surface area (Å²) in [7, 11) is 6.38. The molecule has 8 fully saturated rings. The number of aliphatic hydroxyl groups excluding tert-OH is 7. The summed E-state index contributed by atoms with van der Waals surface area (Å²) in [6, 6.07) is 1.97. The molecule has 2 saturated carbocycles. The molecule has 6 saturated heterocycles. The van der Waals surface area contributed by atoms with E-state index >= 15 is 0 Å². The van der Waals surface area contributed by atoms with E-state index in [2.05, 4.69) is 13.0 Å². The van der Waals surface area contributed by atoms with E-state index in [1.165, 1.54) is 12.7 Å². The lowest BCUT2D eigenvalue weighted by molar-refractivity contribution is -0.376. The first-order valence-electron chi connectivity index (χ1n) is 30.6. The maximum Gasteiger partial charge on any atom is 0.187 e. The molecule has 0 unspecified atom stereocenters. The Labute approximate surface area is 496 Å². The Bertz CT molecular complexity index is 2340. The summed E-state index contributed by atoms with van der Waals surface area (Å²) in [4.78, 5) is 13.9. The molecule has 7 heterocycles. The number of fused-ring (bicyclic) bond motifs is 3. The quantitative estimate of drug-likeness (QED) is 0.0974. The lowest BCUT2D eigenvalue weighted by Crippen LogP contribution is -2.65. The van der Waals surface area contributed by atoms with Crippen LogP contribution in [0, 0.1) is 24.2 Å². The van der Waals surface area contributed by atoms with Crippen LogP contribution in [-0.2, 0) is 80.6 Å². The highest BCUT2D eigenvalue weighted by Gasteiger charge is 2.56. The van der Waals surface area contributed by atoms with E-state index in [4.69, 9.17) is 80.2 Å². The summed E-state index contributed by atoms with van der Waals surface area (Å²) in [6.45, 7) is 10.3. The monoisotopic (exact) mass is 1210 g/mol. The largest absolute Gasteiger partial charge is 0.469 e. The second kappa shape index (κ2) is 28.1. The average Bonchev–Trinajstić information content (AvgIpc) is 1.50. The number of ether oxygens (including phenoxy) is 16. The number of aryl methyl sites for hydroxylation is 1. The summed E-state index contributed by atoms with van der Waals surface area (Å²) in [5.41, 5.74) is 2.41. The Morgan fingerprint density at radius 1 is 0.553 bits per heavy atom. The summed E-state index contributed by atoms with van der Waals surface area (Å²) in [5.74, 6) is 1.46. The fourth-order valence-electron chi connectivity index (χ4n) is 15.2. The molecule has 3 aliphatic carbocycles. The minimum atomic E-state index is -1.81. The number of hydrogen-bond donors (Lipinski definition) is 7. The lowest BCUT2D eigenvalue weighted by atomic mass is 9.52. The van der Waals surface area contributed by atoms with Gasteiger partial charge in [0.2, 0.25) is 0 Å². The van der Waals surface area contributed by atoms with Crippen LogP contribution in [0.1, 0.15) is 116 Å². The third-order valence-electron chi connectivity index (χ3n) is 20.1. The van der Waals surface area contributed by atoms with Gasteiger partial charge in [0.25, 0.3) is 0 Å². The number of ketones is 1. The van der Waals surface area contributed by atoms with Gasteiger partial charge in [-0.15, -0.1) is 0 Å². The fourth-order valence-corrected chi connectivity index (χ4v) is 15.2. The van der Waals surface area contributed by atoms with Gasteiger partial charge in [0.05, 0.1) is 74.4 Å². The van der Waals surface area contributed by atoms with Crippen LogP contribution in [0.5, 0.6) is 0 Å². The predicted molar refractivity (Wildman–Crippen MR) is 292 cm³/mol. The number of rotatable bonds is 19. The van der Waals surface area contributed by atoms with Crippen molar-refractivity contribution in [1.29, 1.82) is 0 Å². The molecule has 10 rings (SSSR count). The summed E-state index contributed by atoms with van der Waals surface area (Å²) >= 11 is 0. The molecule has 25 nitrogen and oxygen atoms in total. The number of hydrogen-bond acceptors (Lipinski definition) is 25. The van der Waals surface area contributed by atoms with Crippen molar-refractivity contribution in [1.82, 2.24) is 0 Å². The zero-order chi connectivity index (χ0) is 60.8. The topological polar surface area (TPSA) is 320 Å². The average molecular weight is 1220 g/mol. The summed E-state index contributed by atoms with van der Waals surface area (Å²) in [5, 5.41) is 73.4. The van der Waals surface area contributed by atoms with Crippen LogP contribution in [-0.4, -0.2) is 249 Å². The predicted octanol–water partition coefficient (Wildman–Crippen LogP) is 1.94. The van der Waals surface area contributed by atoms with E-state index < -0.39 is 161 Å². The Morgan fingerprint density at radius 2 is 1.01 bits per heavy atom. The first kappa shape index (κ1) is 65.7. The van der Waals surface area contributed by atoms with Gasteiger partial charge in [-0.25, -0.2) is 0 Å². The minimum absolute atomic E-state index is 0.0189. The van der Waals surface area contributed by atoms with Crippen molar-refractivity contribution >= 4 is 5.78 Å². The molecule has 0 aromatic carbocycles. The normalized spacial score (nSPS) is 49.0. The molecule has 0 bridgehead atoms. The van der Waals surface area contributed by atoms with Crippen molar-refractivity contribution in [2.45, 2.75) is 278 Å². The number of aliphatic hydroxyl groups is 7. The van der Waals surface area contributed by atoms with Crippen LogP contribution in [0.15, 0.2) is 28.4 Å². The molecule has 7 N–H and O–H groups in total. The maximum atomic E-state index is 13.9. The SMILES string of the molecule is CO[C@@H]1C[C@H](O[C@H]2CC[C@@]3(C)C(=CC[C@H]4C(=O)[C@@H](c5ccoc5C)CC[C@@H]43)C2)O[C@H](C)[C@H]1O[C@H]1C[C@@H](OC)[C@H](O[C@@H]2C[C@@H](OC)[C@@H](O[C@H]3C[C@@H](OC)[C@H](O[C@@H]4O[C@H](CO)[C@@H](O[C@@H]5O[C@H](CO)[C@@H](O)[C@H](O)[C@H]5O)[C@H](O)[C@H]4O)[C@@H](C)O3)[C@H](C)O2)[C@@H](C)O1. The van der Waals surface area contributed by atoms with E-state index in [-0.39, 0.29) is 42.0 Å². The van der Waals surface area contributed by atoms with E-state index in [1.807, 2.05) is 33.8 Å². The summed E-state index contributed by atoms with van der Waals surface area (Å²) < 4.78 is 105. The molecular formula is C60H94O25. The third-order valence-corrected chi connectivity index (χ3v) is 20.1. The van der Waals surface area contributed by atoms with Crippen molar-refractivity contribution in [3.8, 4) is 0 Å². The first-order valence-corrected chi connectivity index (χ1v) is 30.6. The van der Waals surface area contributed by atoms with Gasteiger partial charge in [-0.3, -0.25) is 4.79 Å². The molecule has 484 valence electrons. The standard InChI is InChI=1S/C60H94O25/c1-26-33(16-18-73-26)34-13-14-36-35(47(34)63)12-11-31-19-32(15-17-60(31,36)6)78-43-20-37(69-7)53(27(2)74-43)81-44-21-38(70-8)54(28(3)75-44)82-45-22-39(71-9)55(29(4)76-45)83-46-23-40(72-10)56(30(5)77-46)84-59-52(68)50(66)57(42(25-62)80-59)85-58-51(67)49(65)48(64)41(24-61)79-58/h11,16,18,27-30,32,34-46,48-59,61-62,64-68H,12-15,17,19-25H2,1-10H3/t27-,28-,29+,30-,32+,34-,35-,36+,37-,38-,39-,40-,41-,42-,43+,44+,45-,46+,48-,49+,50-,51-,52-,53-,54-,55+,56-,57-,58+,59+,60+/m1/s1. The number of carbonyl (C=O) groups excluding carboxylic acids is 1. The highest BCUT2D eigenvalue weighted by Crippen LogP contribution is 2.58. The van der Waals surface area contributed by atoms with E-state index in [0.29, 0.717) is 31.0 Å². The summed E-state index contributed by atoms with van der Waals surface area (Å²) in [6.07, 6.45) is -14.8. The van der Waals surface area contributed by atoms with Gasteiger partial charge in [-0.2, -0.15) is 0 Å². The van der Waals surface area contributed by atoms with Crippen LogP contribution in [0.25, 0.3) is 0 Å².